The Bertz CT molecular complexity index is 1210. The Morgan fingerprint density at radius 2 is 1.73 bits per heavy atom. The number of para-hydroxylation sites is 1. The second-order valence-corrected chi connectivity index (χ2v) is 9.29. The van der Waals surface area contributed by atoms with Crippen molar-refractivity contribution in [1.82, 2.24) is 23.6 Å². The summed E-state index contributed by atoms with van der Waals surface area (Å²) in [5.41, 5.74) is 0.705. The molecule has 2 aromatic heterocycles. The number of piperazine rings is 1. The molecule has 0 radical (unpaired) electrons. The SMILES string of the molecule is Cc1nc(S(=O)(=O)N2CCN(c3cnn(-c4ccccc4)c(=O)c3Cl)CC2)cn1C. The molecule has 1 fully saturated rings. The van der Waals surface area contributed by atoms with Gasteiger partial charge in [-0.1, -0.05) is 29.8 Å². The highest BCUT2D eigenvalue weighted by Gasteiger charge is 2.31. The van der Waals surface area contributed by atoms with E-state index >= 15 is 0 Å². The second kappa shape index (κ2) is 7.86. The van der Waals surface area contributed by atoms with E-state index in [0.717, 1.165) is 0 Å². The van der Waals surface area contributed by atoms with Crippen molar-refractivity contribution in [2.45, 2.75) is 11.9 Å². The fraction of sp³-hybridized carbons (Fsp3) is 0.316. The van der Waals surface area contributed by atoms with E-state index in [2.05, 4.69) is 10.1 Å². The Morgan fingerprint density at radius 1 is 1.07 bits per heavy atom. The van der Waals surface area contributed by atoms with E-state index in [9.17, 15) is 13.2 Å². The van der Waals surface area contributed by atoms with Crippen LogP contribution in [0, 0.1) is 6.92 Å². The van der Waals surface area contributed by atoms with E-state index in [1.807, 2.05) is 23.1 Å². The average Bonchev–Trinajstić information content (AvgIpc) is 3.10. The zero-order valence-corrected chi connectivity index (χ0v) is 18.1. The summed E-state index contributed by atoms with van der Waals surface area (Å²) in [5, 5.41) is 4.35. The van der Waals surface area contributed by atoms with Crippen molar-refractivity contribution in [3.63, 3.8) is 0 Å². The van der Waals surface area contributed by atoms with Crippen molar-refractivity contribution in [1.29, 1.82) is 0 Å². The third kappa shape index (κ3) is 3.62. The molecule has 11 heteroatoms. The first-order valence-electron chi connectivity index (χ1n) is 9.37. The van der Waals surface area contributed by atoms with Crippen molar-refractivity contribution >= 4 is 27.3 Å². The molecule has 1 aromatic carbocycles. The highest BCUT2D eigenvalue weighted by atomic mass is 35.5. The van der Waals surface area contributed by atoms with Gasteiger partial charge in [0.05, 0.1) is 17.6 Å². The van der Waals surface area contributed by atoms with Crippen LogP contribution in [-0.4, -0.2) is 58.2 Å². The van der Waals surface area contributed by atoms with Gasteiger partial charge < -0.3 is 9.47 Å². The van der Waals surface area contributed by atoms with Gasteiger partial charge in [-0.3, -0.25) is 4.79 Å². The fourth-order valence-electron chi connectivity index (χ4n) is 3.35. The molecule has 0 aliphatic carbocycles. The van der Waals surface area contributed by atoms with E-state index in [4.69, 9.17) is 11.6 Å². The lowest BCUT2D eigenvalue weighted by Crippen LogP contribution is -2.49. The summed E-state index contributed by atoms with van der Waals surface area (Å²) in [5.74, 6) is 0.629. The molecule has 3 heterocycles. The number of hydrogen-bond acceptors (Lipinski definition) is 6. The van der Waals surface area contributed by atoms with Gasteiger partial charge in [-0.05, 0) is 19.1 Å². The zero-order valence-electron chi connectivity index (χ0n) is 16.6. The van der Waals surface area contributed by atoms with E-state index in [1.165, 1.54) is 15.2 Å². The molecule has 30 heavy (non-hydrogen) atoms. The van der Waals surface area contributed by atoms with Crippen LogP contribution in [0.3, 0.4) is 0 Å². The van der Waals surface area contributed by atoms with Crippen LogP contribution in [0.4, 0.5) is 5.69 Å². The van der Waals surface area contributed by atoms with Gasteiger partial charge in [0.1, 0.15) is 10.8 Å². The molecular formula is C19H21ClN6O3S. The molecule has 1 saturated heterocycles. The molecule has 0 atom stereocenters. The number of sulfonamides is 1. The summed E-state index contributed by atoms with van der Waals surface area (Å²) in [6, 6.07) is 9.02. The predicted molar refractivity (Wildman–Crippen MR) is 114 cm³/mol. The van der Waals surface area contributed by atoms with Crippen LogP contribution in [0.5, 0.6) is 0 Å². The molecule has 3 aromatic rings. The smallest absolute Gasteiger partial charge is 0.292 e. The summed E-state index contributed by atoms with van der Waals surface area (Å²) < 4.78 is 30.0. The maximum Gasteiger partial charge on any atom is 0.292 e. The molecule has 1 aliphatic heterocycles. The van der Waals surface area contributed by atoms with E-state index in [-0.39, 0.29) is 23.1 Å². The number of aromatic nitrogens is 4. The molecule has 0 amide bonds. The summed E-state index contributed by atoms with van der Waals surface area (Å²) in [6.07, 6.45) is 3.06. The van der Waals surface area contributed by atoms with Gasteiger partial charge in [-0.15, -0.1) is 0 Å². The molecule has 9 nitrogen and oxygen atoms in total. The van der Waals surface area contributed by atoms with Crippen molar-refractivity contribution in [3.8, 4) is 5.69 Å². The largest absolute Gasteiger partial charge is 0.366 e. The topological polar surface area (TPSA) is 93.3 Å². The highest BCUT2D eigenvalue weighted by molar-refractivity contribution is 7.89. The lowest BCUT2D eigenvalue weighted by molar-refractivity contribution is 0.383. The molecule has 4 rings (SSSR count). The van der Waals surface area contributed by atoms with Crippen LogP contribution in [0.2, 0.25) is 5.02 Å². The van der Waals surface area contributed by atoms with Gasteiger partial charge in [0.25, 0.3) is 15.6 Å². The normalized spacial score (nSPS) is 15.5. The van der Waals surface area contributed by atoms with E-state index in [0.29, 0.717) is 30.3 Å². The molecule has 0 spiro atoms. The molecule has 0 unspecified atom stereocenters. The number of anilines is 1. The molecule has 0 saturated carbocycles. The Kier molecular flexibility index (Phi) is 5.39. The predicted octanol–water partition coefficient (Wildman–Crippen LogP) is 1.44. The van der Waals surface area contributed by atoms with Gasteiger partial charge in [0.2, 0.25) is 0 Å². The maximum atomic E-state index is 12.9. The Hall–Kier alpha value is -2.69. The number of aryl methyl sites for hydroxylation is 2. The van der Waals surface area contributed by atoms with Crippen LogP contribution in [0.15, 0.2) is 52.5 Å². The number of hydrogen-bond donors (Lipinski definition) is 0. The number of benzene rings is 1. The third-order valence-corrected chi connectivity index (χ3v) is 7.30. The van der Waals surface area contributed by atoms with Crippen LogP contribution >= 0.6 is 11.6 Å². The summed E-state index contributed by atoms with van der Waals surface area (Å²) >= 11 is 6.36. The van der Waals surface area contributed by atoms with E-state index < -0.39 is 15.6 Å². The number of nitrogens with zero attached hydrogens (tertiary/aromatic N) is 6. The minimum atomic E-state index is -3.67. The van der Waals surface area contributed by atoms with Crippen molar-refractivity contribution in [2.24, 2.45) is 7.05 Å². The minimum absolute atomic E-state index is 0.0427. The first-order chi connectivity index (χ1) is 14.3. The molecule has 1 aliphatic rings. The summed E-state index contributed by atoms with van der Waals surface area (Å²) in [7, 11) is -1.91. The van der Waals surface area contributed by atoms with Gasteiger partial charge in [-0.25, -0.2) is 13.4 Å². The Morgan fingerprint density at radius 3 is 2.33 bits per heavy atom. The molecular weight excluding hydrogens is 428 g/mol. The van der Waals surface area contributed by atoms with Gasteiger partial charge in [0, 0.05) is 39.4 Å². The van der Waals surface area contributed by atoms with Gasteiger partial charge in [0.15, 0.2) is 5.03 Å². The van der Waals surface area contributed by atoms with E-state index in [1.54, 1.807) is 36.9 Å². The first-order valence-corrected chi connectivity index (χ1v) is 11.2. The lowest BCUT2D eigenvalue weighted by atomic mass is 10.3. The highest BCUT2D eigenvalue weighted by Crippen LogP contribution is 2.25. The van der Waals surface area contributed by atoms with Crippen molar-refractivity contribution in [2.75, 3.05) is 31.1 Å². The van der Waals surface area contributed by atoms with Gasteiger partial charge >= 0.3 is 0 Å². The van der Waals surface area contributed by atoms with Crippen LogP contribution < -0.4 is 10.5 Å². The standard InChI is InChI=1S/C19H21ClN6O3S/c1-14-22-17(13-23(14)2)30(28,29)25-10-8-24(9-11-25)16-12-21-26(19(27)18(16)20)15-6-4-3-5-7-15/h3-7,12-13H,8-11H2,1-2H3. The molecule has 0 bridgehead atoms. The first kappa shape index (κ1) is 20.6. The maximum absolute atomic E-state index is 12.9. The quantitative estimate of drug-likeness (QED) is 0.599. The average molecular weight is 449 g/mol. The van der Waals surface area contributed by atoms with Crippen molar-refractivity contribution < 1.29 is 8.42 Å². The zero-order chi connectivity index (χ0) is 21.5. The monoisotopic (exact) mass is 448 g/mol. The number of imidazole rings is 1. The fourth-order valence-corrected chi connectivity index (χ4v) is 5.05. The molecule has 158 valence electrons. The Labute approximate surface area is 179 Å². The second-order valence-electron chi connectivity index (χ2n) is 7.02. The van der Waals surface area contributed by atoms with Crippen LogP contribution in [0.1, 0.15) is 5.82 Å². The van der Waals surface area contributed by atoms with Gasteiger partial charge in [-0.2, -0.15) is 14.1 Å². The lowest BCUT2D eigenvalue weighted by Gasteiger charge is -2.35. The van der Waals surface area contributed by atoms with Crippen LogP contribution in [0.25, 0.3) is 5.69 Å². The third-order valence-electron chi connectivity index (χ3n) is 5.17. The summed E-state index contributed by atoms with van der Waals surface area (Å²) in [4.78, 5) is 18.7. The molecule has 0 N–H and O–H groups in total. The summed E-state index contributed by atoms with van der Waals surface area (Å²) in [6.45, 7) is 3.05. The van der Waals surface area contributed by atoms with Crippen LogP contribution in [-0.2, 0) is 17.1 Å². The van der Waals surface area contributed by atoms with Crippen molar-refractivity contribution in [3.05, 3.63) is 63.9 Å². The number of rotatable bonds is 4. The minimum Gasteiger partial charge on any atom is -0.366 e. The number of halogens is 1. The Balaban J connectivity index is 1.53.